The summed E-state index contributed by atoms with van der Waals surface area (Å²) in [5.74, 6) is 0. The summed E-state index contributed by atoms with van der Waals surface area (Å²) < 4.78 is 5.11. The lowest BCUT2D eigenvalue weighted by Crippen LogP contribution is -2.28. The van der Waals surface area contributed by atoms with Crippen molar-refractivity contribution in [2.45, 2.75) is 21.7 Å². The molecule has 6 aliphatic rings. The van der Waals surface area contributed by atoms with Crippen LogP contribution in [0, 0.1) is 0 Å². The summed E-state index contributed by atoms with van der Waals surface area (Å²) in [6.07, 6.45) is 0. The van der Waals surface area contributed by atoms with E-state index >= 15 is 0 Å². The van der Waals surface area contributed by atoms with Crippen molar-refractivity contribution in [1.29, 1.82) is 0 Å². The van der Waals surface area contributed by atoms with Crippen LogP contribution < -0.4 is 9.80 Å². The van der Waals surface area contributed by atoms with Crippen LogP contribution in [0.25, 0.3) is 140 Å². The Morgan fingerprint density at radius 3 is 0.943 bits per heavy atom. The fourth-order valence-corrected chi connectivity index (χ4v) is 29.1. The molecule has 2 spiro atoms. The smallest absolute Gasteiger partial charge is 0.0726 e. The number of hydrogen-bond donors (Lipinski definition) is 0. The molecule has 0 fully saturated rings. The third-order valence-electron chi connectivity index (χ3n) is 32.1. The molecule has 140 heavy (non-hydrogen) atoms. The summed E-state index contributed by atoms with van der Waals surface area (Å²) in [5.41, 5.74) is 46.7. The van der Waals surface area contributed by atoms with Crippen molar-refractivity contribution >= 4 is 97.1 Å². The largest absolute Gasteiger partial charge is 0.310 e. The van der Waals surface area contributed by atoms with Crippen LogP contribution >= 0.6 is 22.7 Å². The average Bonchev–Trinajstić information content (AvgIpc) is 1.49. The molecule has 24 aromatic rings. The first-order chi connectivity index (χ1) is 69.4. The fourth-order valence-electron chi connectivity index (χ4n) is 26.6. The van der Waals surface area contributed by atoms with Gasteiger partial charge in [0.05, 0.1) is 33.0 Å². The molecule has 6 aliphatic carbocycles. The Morgan fingerprint density at radius 1 is 0.150 bits per heavy atom. The van der Waals surface area contributed by atoms with E-state index in [1.807, 2.05) is 22.7 Å². The van der Waals surface area contributed by atoms with Gasteiger partial charge in [-0.2, -0.15) is 0 Å². The third kappa shape index (κ3) is 10.7. The molecule has 0 unspecified atom stereocenters. The van der Waals surface area contributed by atoms with E-state index in [-0.39, 0.29) is 0 Å². The Labute approximate surface area is 820 Å². The molecule has 30 rings (SSSR count). The molecular weight excluding hydrogens is 1730 g/mol. The van der Waals surface area contributed by atoms with E-state index in [0.29, 0.717) is 0 Å². The van der Waals surface area contributed by atoms with Crippen molar-refractivity contribution < 1.29 is 0 Å². The van der Waals surface area contributed by atoms with Gasteiger partial charge in [0.2, 0.25) is 0 Å². The number of nitrogens with zero attached hydrogens (tertiary/aromatic N) is 2. The summed E-state index contributed by atoms with van der Waals surface area (Å²) in [7, 11) is 0. The third-order valence-corrected chi connectivity index (χ3v) is 34.5. The summed E-state index contributed by atoms with van der Waals surface area (Å²) in [5, 5.41) is 5.09. The first-order valence-corrected chi connectivity index (χ1v) is 50.4. The summed E-state index contributed by atoms with van der Waals surface area (Å²) in [6.45, 7) is 0. The lowest BCUT2D eigenvalue weighted by Gasteiger charge is -2.35. The quantitative estimate of drug-likeness (QED) is 0.114. The number of rotatable bonds is 13. The molecule has 22 aromatic carbocycles. The Morgan fingerprint density at radius 2 is 0.464 bits per heavy atom. The average molecular weight is 1810 g/mol. The maximum atomic E-state index is 2.60. The fraction of sp³-hybridized carbons (Fsp3) is 0.0294. The minimum absolute atomic E-state index is 0.561. The summed E-state index contributed by atoms with van der Waals surface area (Å²) >= 11 is 3.79. The maximum absolute atomic E-state index is 2.60. The molecule has 2 aromatic heterocycles. The monoisotopic (exact) mass is 1810 g/mol. The highest BCUT2D eigenvalue weighted by Crippen LogP contribution is 2.69. The van der Waals surface area contributed by atoms with Crippen LogP contribution in [0.15, 0.2) is 510 Å². The van der Waals surface area contributed by atoms with Crippen molar-refractivity contribution in [3.8, 4) is 100 Å². The van der Waals surface area contributed by atoms with E-state index in [9.17, 15) is 0 Å². The van der Waals surface area contributed by atoms with E-state index in [1.165, 1.54) is 224 Å². The normalized spacial score (nSPS) is 14.1. The van der Waals surface area contributed by atoms with Crippen LogP contribution in [0.4, 0.5) is 34.1 Å². The number of anilines is 6. The molecule has 0 radical (unpaired) electrons. The first kappa shape index (κ1) is 79.1. The number of thiophene rings is 2. The van der Waals surface area contributed by atoms with Gasteiger partial charge in [-0.1, -0.05) is 431 Å². The zero-order valence-corrected chi connectivity index (χ0v) is 77.8. The van der Waals surface area contributed by atoms with Crippen molar-refractivity contribution in [1.82, 2.24) is 0 Å². The molecular formula is C136H84N2S2. The second-order valence-electron chi connectivity index (χ2n) is 38.4. The number of benzene rings is 22. The molecule has 0 N–H and O–H groups in total. The Balaban J connectivity index is 0.581. The second-order valence-corrected chi connectivity index (χ2v) is 40.6. The topological polar surface area (TPSA) is 6.48 Å². The van der Waals surface area contributed by atoms with Crippen LogP contribution in [-0.4, -0.2) is 0 Å². The summed E-state index contributed by atoms with van der Waals surface area (Å²) in [6, 6.07) is 195. The van der Waals surface area contributed by atoms with E-state index in [2.05, 4.69) is 519 Å². The molecule has 0 aliphatic heterocycles. The first-order valence-electron chi connectivity index (χ1n) is 48.7. The van der Waals surface area contributed by atoms with Crippen LogP contribution in [0.5, 0.6) is 0 Å². The molecule has 0 saturated carbocycles. The van der Waals surface area contributed by atoms with E-state index in [4.69, 9.17) is 0 Å². The van der Waals surface area contributed by atoms with Crippen LogP contribution in [0.1, 0.15) is 89.0 Å². The van der Waals surface area contributed by atoms with Gasteiger partial charge in [-0.3, -0.25) is 0 Å². The highest BCUT2D eigenvalue weighted by molar-refractivity contribution is 7.26. The SMILES string of the molecule is c1ccc(C2(c3ccccc3)c3ccccc3-c3c(N(c4cccc(-c5cccc6c5sc5cc(-c7ccc8c(c7)-c7ccc(N(c9ccc(-c%10cccc%11c%10sc%10ccccc%10%11)cc9)c9cccc%10c9-c9ccccc9C%10(c9ccccc9)c9ccccc9)cc7C87c8ccccc8-c8ccccc87)ccc56)c4)c4ccc5c(c4)C4(c6ccccc6-c6ccccc64)c4ccccc4-5)cccc32)cc1. The lowest BCUT2D eigenvalue weighted by molar-refractivity contribution is 0.768. The Hall–Kier alpha value is -17.1. The summed E-state index contributed by atoms with van der Waals surface area (Å²) in [4.78, 5) is 5.19. The van der Waals surface area contributed by atoms with Crippen LogP contribution in [0.2, 0.25) is 0 Å². The van der Waals surface area contributed by atoms with Crippen molar-refractivity contribution in [2.75, 3.05) is 9.80 Å². The molecule has 0 atom stereocenters. The second kappa shape index (κ2) is 30.2. The molecule has 0 bridgehead atoms. The Bertz CT molecular complexity index is 9160. The van der Waals surface area contributed by atoms with E-state index in [1.54, 1.807) is 0 Å². The predicted molar refractivity (Wildman–Crippen MR) is 585 cm³/mol. The van der Waals surface area contributed by atoms with E-state index < -0.39 is 21.7 Å². The zero-order valence-electron chi connectivity index (χ0n) is 76.2. The molecule has 2 heterocycles. The molecule has 2 nitrogen and oxygen atoms in total. The minimum Gasteiger partial charge on any atom is -0.310 e. The Kier molecular flexibility index (Phi) is 17.1. The maximum Gasteiger partial charge on any atom is 0.0726 e. The minimum atomic E-state index is -0.666. The predicted octanol–water partition coefficient (Wildman–Crippen LogP) is 35.8. The van der Waals surface area contributed by atoms with Gasteiger partial charge < -0.3 is 9.80 Å². The highest BCUT2D eigenvalue weighted by Gasteiger charge is 2.56. The van der Waals surface area contributed by atoms with Crippen molar-refractivity contribution in [2.24, 2.45) is 0 Å². The van der Waals surface area contributed by atoms with Gasteiger partial charge in [0, 0.05) is 74.2 Å². The molecule has 0 amide bonds. The van der Waals surface area contributed by atoms with Gasteiger partial charge in [0.1, 0.15) is 0 Å². The van der Waals surface area contributed by atoms with Gasteiger partial charge in [0.25, 0.3) is 0 Å². The van der Waals surface area contributed by atoms with Gasteiger partial charge in [0.15, 0.2) is 0 Å². The van der Waals surface area contributed by atoms with Crippen molar-refractivity contribution in [3.63, 3.8) is 0 Å². The van der Waals surface area contributed by atoms with Gasteiger partial charge in [-0.15, -0.1) is 22.7 Å². The zero-order chi connectivity index (χ0) is 91.7. The number of hydrogen-bond acceptors (Lipinski definition) is 4. The highest BCUT2D eigenvalue weighted by atomic mass is 32.1. The van der Waals surface area contributed by atoms with Crippen molar-refractivity contribution in [3.05, 3.63) is 599 Å². The van der Waals surface area contributed by atoms with Crippen LogP contribution in [0.3, 0.4) is 0 Å². The van der Waals surface area contributed by atoms with Gasteiger partial charge in [-0.25, -0.2) is 0 Å². The van der Waals surface area contributed by atoms with Gasteiger partial charge in [-0.05, 0) is 257 Å². The molecule has 4 heteroatoms. The standard InChI is InChI=1S/C136H84N2S2/c1-5-35-89(36-6-1)133(90-37-7-2-8-38-90)118-61-26-18-50-110(118)129-121(133)63-32-65-125(129)137(93-72-68-85(69-73-93)97-52-30-54-108-106-49-20-28-67-127(106)139-131(97)108)95-75-78-105-112-81-86(71-79-120(112)136(124(105)83-95)115-58-23-15-46-101(115)102-47-16-24-59-116(102)136)87-70-76-107-109-55-31-53-98(132(109)140-128(107)82-87)88-34-29-43-94(80-88)138(126-66-33-64-122-130(126)111-51-19-27-62-119(111)134(122,91-39-9-3-10-40-91)92-41-11-4-12-42-92)96-74-77-104-103-48-17-25-60-117(103)135(123(104)84-96)113-56-21-13-44-99(113)100-45-14-22-57-114(100)135/h1-84H. The molecule has 0 saturated heterocycles. The number of fused-ring (bicyclic) bond motifs is 32. The van der Waals surface area contributed by atoms with E-state index in [0.717, 1.165) is 39.7 Å². The van der Waals surface area contributed by atoms with Gasteiger partial charge >= 0.3 is 0 Å². The lowest BCUT2D eigenvalue weighted by atomic mass is 9.68. The molecule has 650 valence electrons. The van der Waals surface area contributed by atoms with Crippen LogP contribution in [-0.2, 0) is 21.7 Å².